The van der Waals surface area contributed by atoms with E-state index in [1.807, 2.05) is 48.5 Å². The summed E-state index contributed by atoms with van der Waals surface area (Å²) in [6.45, 7) is 6.93. The lowest BCUT2D eigenvalue weighted by atomic mass is 9.54. The van der Waals surface area contributed by atoms with Crippen LogP contribution in [0.1, 0.15) is 71.9 Å². The quantitative estimate of drug-likeness (QED) is 0.0835. The fraction of sp³-hybridized carbons (Fsp3) is 0.265. The minimum atomic E-state index is -3.02. The highest BCUT2D eigenvalue weighted by Gasteiger charge is 2.55. The molecule has 0 unspecified atom stereocenters. The Hall–Kier alpha value is -5.19. The summed E-state index contributed by atoms with van der Waals surface area (Å²) in [6, 6.07) is 42.1. The lowest BCUT2D eigenvalue weighted by Gasteiger charge is -2.48. The van der Waals surface area contributed by atoms with Gasteiger partial charge in [0.05, 0.1) is 12.7 Å². The Bertz CT molecular complexity index is 2340. The maximum atomic E-state index is 14.5. The molecule has 4 atom stereocenters. The van der Waals surface area contributed by atoms with Crippen molar-refractivity contribution in [3.8, 4) is 5.75 Å². The van der Waals surface area contributed by atoms with Gasteiger partial charge in [-0.1, -0.05) is 148 Å². The van der Waals surface area contributed by atoms with Gasteiger partial charge in [0.25, 0.3) is 8.32 Å². The second-order valence-corrected chi connectivity index (χ2v) is 21.1. The molecule has 5 aromatic carbocycles. The normalized spacial score (nSPS) is 21.1. The summed E-state index contributed by atoms with van der Waals surface area (Å²) in [5.41, 5.74) is 5.24. The van der Waals surface area contributed by atoms with Crippen molar-refractivity contribution < 1.29 is 33.2 Å². The molecule has 1 heterocycles. The van der Waals surface area contributed by atoms with Gasteiger partial charge in [-0.15, -0.1) is 0 Å². The van der Waals surface area contributed by atoms with Crippen LogP contribution < -0.4 is 10.4 Å². The molecule has 0 spiro atoms. The van der Waals surface area contributed by atoms with Gasteiger partial charge in [0.15, 0.2) is 23.1 Å². The van der Waals surface area contributed by atoms with Crippen LogP contribution in [0.5, 0.6) is 5.75 Å². The van der Waals surface area contributed by atoms with Crippen molar-refractivity contribution in [3.05, 3.63) is 173 Å². The molecule has 9 heteroatoms. The largest absolute Gasteiger partial charge is 0.505 e. The van der Waals surface area contributed by atoms with Crippen LogP contribution in [-0.4, -0.2) is 49.8 Å². The van der Waals surface area contributed by atoms with E-state index in [0.29, 0.717) is 36.0 Å². The third-order valence-electron chi connectivity index (χ3n) is 12.4. The van der Waals surface area contributed by atoms with E-state index < -0.39 is 50.9 Å². The number of Topliss-reactive ketones (excluding diaryl/α,β-unsaturated/α-hetero) is 2. The number of rotatable bonds is 10. The van der Waals surface area contributed by atoms with Gasteiger partial charge in [0, 0.05) is 23.0 Å². The predicted octanol–water partition coefficient (Wildman–Crippen LogP) is 8.94. The Kier molecular flexibility index (Phi) is 11.1. The number of benzene rings is 5. The standard InChI is InChI=1S/C49H48BFO6Si/c1-49(2,3)58(36-17-9-5-10-18-36,37-19-11-6-12-20-37)56-31-35-29-40-46(48(54)39-22-14-13-21-38(39)47(40)53)41-30-50(55)57-44(45(35)41)26-24-34(33-15-7-4-8-16-33)27-32-23-25-43(52)42(51)28-32/h4-23,25,27-28,40-41,44,46,52,55H,24,26,29-31H2,1-3H3/b34-27-/t40-,41+,44-,46-/m1/s1. The SMILES string of the molecule is CC(C)(C)[Si](OCC1=C2[C@@H](CC/C(=C/c3ccc(O)c(F)c3)c3ccccc3)OB(O)C[C@@H]2[C@@H]2C(=O)c3ccccc3C(=O)[C@@H]2C1)(c1ccccc1)c1ccccc1. The Morgan fingerprint density at radius 3 is 2.02 bits per heavy atom. The number of ketones is 2. The fourth-order valence-electron chi connectivity index (χ4n) is 9.81. The van der Waals surface area contributed by atoms with E-state index in [1.165, 1.54) is 12.1 Å². The first kappa shape index (κ1) is 39.6. The maximum Gasteiger partial charge on any atom is 0.455 e. The summed E-state index contributed by atoms with van der Waals surface area (Å²) in [4.78, 5) is 28.9. The number of phenols is 1. The molecule has 0 bridgehead atoms. The molecule has 6 nitrogen and oxygen atoms in total. The van der Waals surface area contributed by atoms with Gasteiger partial charge < -0.3 is 19.2 Å². The third-order valence-corrected chi connectivity index (χ3v) is 17.4. The van der Waals surface area contributed by atoms with Crippen molar-refractivity contribution in [1.82, 2.24) is 0 Å². The van der Waals surface area contributed by atoms with Gasteiger partial charge in [-0.2, -0.15) is 0 Å². The first-order valence-electron chi connectivity index (χ1n) is 20.2. The van der Waals surface area contributed by atoms with Gasteiger partial charge in [-0.05, 0) is 86.9 Å². The number of hydrogen-bond donors (Lipinski definition) is 2. The summed E-state index contributed by atoms with van der Waals surface area (Å²) in [5, 5.41) is 23.3. The topological polar surface area (TPSA) is 93.1 Å². The van der Waals surface area contributed by atoms with Gasteiger partial charge in [0.1, 0.15) is 0 Å². The highest BCUT2D eigenvalue weighted by atomic mass is 28.4. The molecule has 2 aliphatic carbocycles. The minimum Gasteiger partial charge on any atom is -0.505 e. The minimum absolute atomic E-state index is 0.0462. The molecular weight excluding hydrogens is 742 g/mol. The lowest BCUT2D eigenvalue weighted by Crippen LogP contribution is -2.66. The molecule has 8 rings (SSSR count). The van der Waals surface area contributed by atoms with Crippen molar-refractivity contribution in [2.45, 2.75) is 57.5 Å². The molecule has 1 aliphatic heterocycles. The average Bonchev–Trinajstić information content (AvgIpc) is 3.23. The van der Waals surface area contributed by atoms with Gasteiger partial charge in [0.2, 0.25) is 0 Å². The van der Waals surface area contributed by atoms with E-state index in [-0.39, 0.29) is 29.5 Å². The second-order valence-electron chi connectivity index (χ2n) is 16.8. The Morgan fingerprint density at radius 2 is 1.41 bits per heavy atom. The molecule has 3 aliphatic rings. The molecule has 0 radical (unpaired) electrons. The molecule has 58 heavy (non-hydrogen) atoms. The van der Waals surface area contributed by atoms with Crippen molar-refractivity contribution in [2.75, 3.05) is 6.61 Å². The average molecular weight is 791 g/mol. The van der Waals surface area contributed by atoms with Crippen LogP contribution in [0.15, 0.2) is 145 Å². The number of aromatic hydroxyl groups is 1. The zero-order chi connectivity index (χ0) is 40.6. The van der Waals surface area contributed by atoms with Crippen molar-refractivity contribution in [3.63, 3.8) is 0 Å². The van der Waals surface area contributed by atoms with Crippen LogP contribution in [-0.2, 0) is 9.08 Å². The number of allylic oxidation sites excluding steroid dienone is 1. The maximum absolute atomic E-state index is 14.5. The Balaban J connectivity index is 1.24. The van der Waals surface area contributed by atoms with Crippen LogP contribution in [0, 0.1) is 23.6 Å². The number of phenolic OH excluding ortho intramolecular Hbond substituents is 1. The zero-order valence-corrected chi connectivity index (χ0v) is 34.1. The molecule has 2 N–H and O–H groups in total. The van der Waals surface area contributed by atoms with Crippen molar-refractivity contribution in [2.24, 2.45) is 17.8 Å². The third kappa shape index (κ3) is 7.37. The van der Waals surface area contributed by atoms with Crippen LogP contribution in [0.3, 0.4) is 0 Å². The summed E-state index contributed by atoms with van der Waals surface area (Å²) >= 11 is 0. The molecule has 0 amide bonds. The highest BCUT2D eigenvalue weighted by Crippen LogP contribution is 2.51. The number of carbonyl (C=O) groups excluding carboxylic acids is 2. The molecule has 294 valence electrons. The first-order chi connectivity index (χ1) is 28.0. The summed E-state index contributed by atoms with van der Waals surface area (Å²) in [5.74, 6) is -2.91. The number of halogens is 1. The molecule has 1 fully saturated rings. The number of fused-ring (bicyclic) bond motifs is 4. The fourth-order valence-corrected chi connectivity index (χ4v) is 14.4. The van der Waals surface area contributed by atoms with Gasteiger partial charge in [-0.25, -0.2) is 4.39 Å². The van der Waals surface area contributed by atoms with E-state index in [0.717, 1.165) is 32.7 Å². The molecule has 0 aromatic heterocycles. The summed E-state index contributed by atoms with van der Waals surface area (Å²) in [6.07, 6.45) is 2.79. The van der Waals surface area contributed by atoms with Crippen LogP contribution in [0.2, 0.25) is 11.4 Å². The summed E-state index contributed by atoms with van der Waals surface area (Å²) < 4.78 is 28.5. The van der Waals surface area contributed by atoms with Crippen LogP contribution in [0.25, 0.3) is 11.6 Å². The number of hydrogen-bond acceptors (Lipinski definition) is 6. The monoisotopic (exact) mass is 790 g/mol. The Labute approximate surface area is 341 Å². The van der Waals surface area contributed by atoms with Gasteiger partial charge in [-0.3, -0.25) is 9.59 Å². The van der Waals surface area contributed by atoms with Crippen molar-refractivity contribution >= 4 is 49.0 Å². The smallest absolute Gasteiger partial charge is 0.455 e. The molecule has 5 aromatic rings. The predicted molar refractivity (Wildman–Crippen MR) is 230 cm³/mol. The van der Waals surface area contributed by atoms with E-state index in [9.17, 15) is 24.1 Å². The second kappa shape index (κ2) is 16.2. The van der Waals surface area contributed by atoms with Crippen LogP contribution in [0.4, 0.5) is 4.39 Å². The van der Waals surface area contributed by atoms with E-state index >= 15 is 0 Å². The highest BCUT2D eigenvalue weighted by molar-refractivity contribution is 6.99. The molecule has 1 saturated heterocycles. The zero-order valence-electron chi connectivity index (χ0n) is 33.1. The van der Waals surface area contributed by atoms with E-state index in [4.69, 9.17) is 9.08 Å². The number of carbonyl (C=O) groups is 2. The molecular formula is C49H48BFO6Si. The van der Waals surface area contributed by atoms with Gasteiger partial charge >= 0.3 is 7.12 Å². The molecule has 0 saturated carbocycles. The Morgan fingerprint density at radius 1 is 0.828 bits per heavy atom. The first-order valence-corrected chi connectivity index (χ1v) is 22.1. The summed E-state index contributed by atoms with van der Waals surface area (Å²) in [7, 11) is -4.17. The van der Waals surface area contributed by atoms with Crippen LogP contribution >= 0.6 is 0 Å². The van der Waals surface area contributed by atoms with E-state index in [1.54, 1.807) is 30.3 Å². The van der Waals surface area contributed by atoms with Crippen molar-refractivity contribution in [1.29, 1.82) is 0 Å². The van der Waals surface area contributed by atoms with E-state index in [2.05, 4.69) is 69.3 Å². The lowest BCUT2D eigenvalue weighted by molar-refractivity contribution is 0.0592.